The van der Waals surface area contributed by atoms with Crippen LogP contribution in [0.3, 0.4) is 0 Å². The molecule has 2 heteroatoms. The number of nitrogens with zero attached hydrogens (tertiary/aromatic N) is 2. The van der Waals surface area contributed by atoms with Gasteiger partial charge in [-0.05, 0) is 145 Å². The number of hydrogen-bond donors (Lipinski definition) is 0. The average molecular weight is 861 g/mol. The molecule has 0 saturated carbocycles. The van der Waals surface area contributed by atoms with Crippen molar-refractivity contribution in [3.8, 4) is 22.3 Å². The number of aryl methyl sites for hydroxylation is 1. The molecule has 12 rings (SSSR count). The summed E-state index contributed by atoms with van der Waals surface area (Å²) in [5.74, 6) is 0. The van der Waals surface area contributed by atoms with Gasteiger partial charge in [0.2, 0.25) is 0 Å². The fraction of sp³-hybridized carbons (Fsp3) is 0.108. The Bertz CT molecular complexity index is 3560. The first-order valence-electron chi connectivity index (χ1n) is 23.6. The fourth-order valence-electron chi connectivity index (χ4n) is 11.2. The van der Waals surface area contributed by atoms with Gasteiger partial charge >= 0.3 is 0 Å². The predicted molar refractivity (Wildman–Crippen MR) is 286 cm³/mol. The summed E-state index contributed by atoms with van der Waals surface area (Å²) in [6.45, 7) is 11.8. The van der Waals surface area contributed by atoms with Crippen LogP contribution in [-0.4, -0.2) is 0 Å². The number of fused-ring (bicyclic) bond motifs is 9. The molecule has 2 aliphatic carbocycles. The molecule has 322 valence electrons. The van der Waals surface area contributed by atoms with Crippen molar-refractivity contribution in [2.45, 2.75) is 45.4 Å². The summed E-state index contributed by atoms with van der Waals surface area (Å²) in [5, 5.41) is 5.02. The molecule has 0 saturated heterocycles. The second kappa shape index (κ2) is 15.6. The summed E-state index contributed by atoms with van der Waals surface area (Å²) >= 11 is 0. The highest BCUT2D eigenvalue weighted by Gasteiger charge is 2.38. The van der Waals surface area contributed by atoms with E-state index in [1.54, 1.807) is 0 Å². The monoisotopic (exact) mass is 860 g/mol. The van der Waals surface area contributed by atoms with E-state index in [0.29, 0.717) is 0 Å². The Hall–Kier alpha value is -7.94. The van der Waals surface area contributed by atoms with Gasteiger partial charge in [0.25, 0.3) is 0 Å². The Morgan fingerprint density at radius 2 is 0.761 bits per heavy atom. The Morgan fingerprint density at radius 1 is 0.328 bits per heavy atom. The molecular weight excluding hydrogens is 809 g/mol. The first kappa shape index (κ1) is 40.6. The summed E-state index contributed by atoms with van der Waals surface area (Å²) in [5.41, 5.74) is 21.0. The summed E-state index contributed by atoms with van der Waals surface area (Å²) in [6, 6.07) is 78.3. The van der Waals surface area contributed by atoms with E-state index in [1.807, 2.05) is 0 Å². The fourth-order valence-corrected chi connectivity index (χ4v) is 11.2. The Morgan fingerprint density at radius 3 is 1.31 bits per heavy atom. The van der Waals surface area contributed by atoms with E-state index in [-0.39, 0.29) is 10.8 Å². The van der Waals surface area contributed by atoms with Crippen LogP contribution in [0.2, 0.25) is 0 Å². The Kier molecular flexibility index (Phi) is 9.45. The SMILES string of the molecule is Cc1ccccc1N(c1ccc2c(c1)C(C)(C)c1cc(/C=C/c3ccc4c(c3)C(C)(C)c3cc(N(c5ccccc5)c5ccccc5)ccc3-4)ccc1-2)c1cc2ccccc2c2ccccc12. The maximum absolute atomic E-state index is 2.48. The van der Waals surface area contributed by atoms with Crippen molar-refractivity contribution in [3.05, 3.63) is 251 Å². The molecule has 0 N–H and O–H groups in total. The van der Waals surface area contributed by atoms with E-state index in [4.69, 9.17) is 0 Å². The predicted octanol–water partition coefficient (Wildman–Crippen LogP) is 18.0. The molecule has 0 heterocycles. The third-order valence-electron chi connectivity index (χ3n) is 14.7. The summed E-state index contributed by atoms with van der Waals surface area (Å²) in [4.78, 5) is 4.84. The van der Waals surface area contributed by atoms with Crippen molar-refractivity contribution in [2.75, 3.05) is 9.80 Å². The van der Waals surface area contributed by atoms with Crippen molar-refractivity contribution >= 4 is 67.8 Å². The van der Waals surface area contributed by atoms with Crippen LogP contribution in [0.15, 0.2) is 212 Å². The highest BCUT2D eigenvalue weighted by atomic mass is 15.1. The molecule has 0 spiro atoms. The lowest BCUT2D eigenvalue weighted by Crippen LogP contribution is -2.17. The summed E-state index contributed by atoms with van der Waals surface area (Å²) in [6.07, 6.45) is 4.59. The molecule has 10 aromatic carbocycles. The van der Waals surface area contributed by atoms with E-state index >= 15 is 0 Å². The normalized spacial score (nSPS) is 13.9. The van der Waals surface area contributed by atoms with Crippen LogP contribution in [0, 0.1) is 6.92 Å². The van der Waals surface area contributed by atoms with Crippen LogP contribution in [0.1, 0.15) is 66.6 Å². The Labute approximate surface area is 394 Å². The lowest BCUT2D eigenvalue weighted by molar-refractivity contribution is 0.660. The number of anilines is 6. The van der Waals surface area contributed by atoms with Crippen LogP contribution < -0.4 is 9.80 Å². The van der Waals surface area contributed by atoms with Crippen molar-refractivity contribution < 1.29 is 0 Å². The van der Waals surface area contributed by atoms with Crippen molar-refractivity contribution in [3.63, 3.8) is 0 Å². The van der Waals surface area contributed by atoms with E-state index < -0.39 is 0 Å². The molecule has 0 fully saturated rings. The summed E-state index contributed by atoms with van der Waals surface area (Å²) < 4.78 is 0. The van der Waals surface area contributed by atoms with E-state index in [1.165, 1.54) is 94.1 Å². The number of para-hydroxylation sites is 3. The third kappa shape index (κ3) is 6.62. The molecule has 0 bridgehead atoms. The molecule has 67 heavy (non-hydrogen) atoms. The molecule has 0 radical (unpaired) electrons. The topological polar surface area (TPSA) is 6.48 Å². The minimum atomic E-state index is -0.202. The van der Waals surface area contributed by atoms with Crippen molar-refractivity contribution in [1.29, 1.82) is 0 Å². The smallest absolute Gasteiger partial charge is 0.0546 e. The highest BCUT2D eigenvalue weighted by molar-refractivity contribution is 6.14. The first-order valence-corrected chi connectivity index (χ1v) is 23.6. The standard InChI is InChI=1S/C65H52N2/c1-43-18-12-17-27-62(43)67(63-40-46-19-13-14-24-51(46)52-25-15-16-26-57(52)63)50-33-37-56-54-35-31-45(39-59(54)65(4,5)61(56)42-50)29-28-44-30-34-53-55-36-32-49(41-60(55)64(2,3)58(53)38-44)66(47-20-8-6-9-21-47)48-22-10-7-11-23-48/h6-42H,1-5H3/b29-28+. The molecule has 0 amide bonds. The van der Waals surface area contributed by atoms with Gasteiger partial charge in [-0.3, -0.25) is 0 Å². The molecule has 0 aromatic heterocycles. The maximum Gasteiger partial charge on any atom is 0.0546 e. The van der Waals surface area contributed by atoms with Gasteiger partial charge in [-0.1, -0.05) is 192 Å². The maximum atomic E-state index is 2.48. The van der Waals surface area contributed by atoms with Crippen LogP contribution in [0.25, 0.3) is 56.0 Å². The molecule has 0 unspecified atom stereocenters. The second-order valence-electron chi connectivity index (χ2n) is 19.4. The number of benzene rings is 10. The largest absolute Gasteiger partial charge is 0.310 e. The average Bonchev–Trinajstić information content (AvgIpc) is 3.72. The van der Waals surface area contributed by atoms with Crippen LogP contribution >= 0.6 is 0 Å². The minimum Gasteiger partial charge on any atom is -0.310 e. The third-order valence-corrected chi connectivity index (χ3v) is 14.7. The number of rotatable bonds is 8. The minimum absolute atomic E-state index is 0.165. The van der Waals surface area contributed by atoms with Gasteiger partial charge in [0, 0.05) is 44.7 Å². The van der Waals surface area contributed by atoms with Gasteiger partial charge in [-0.25, -0.2) is 0 Å². The van der Waals surface area contributed by atoms with E-state index in [0.717, 1.165) is 22.7 Å². The zero-order valence-electron chi connectivity index (χ0n) is 38.8. The van der Waals surface area contributed by atoms with Gasteiger partial charge in [0.1, 0.15) is 0 Å². The first-order chi connectivity index (χ1) is 32.6. The second-order valence-corrected chi connectivity index (χ2v) is 19.4. The Balaban J connectivity index is 0.867. The van der Waals surface area contributed by atoms with Crippen LogP contribution in [0.4, 0.5) is 34.1 Å². The molecular formula is C65H52N2. The summed E-state index contributed by atoms with van der Waals surface area (Å²) in [7, 11) is 0. The van der Waals surface area contributed by atoms with Gasteiger partial charge < -0.3 is 9.80 Å². The van der Waals surface area contributed by atoms with Gasteiger partial charge in [-0.2, -0.15) is 0 Å². The lowest BCUT2D eigenvalue weighted by atomic mass is 9.81. The molecule has 2 nitrogen and oxygen atoms in total. The molecule has 10 aromatic rings. The van der Waals surface area contributed by atoms with E-state index in [2.05, 4.69) is 269 Å². The highest BCUT2D eigenvalue weighted by Crippen LogP contribution is 2.53. The zero-order chi connectivity index (χ0) is 45.4. The van der Waals surface area contributed by atoms with Crippen LogP contribution in [-0.2, 0) is 10.8 Å². The zero-order valence-corrected chi connectivity index (χ0v) is 38.8. The van der Waals surface area contributed by atoms with E-state index in [9.17, 15) is 0 Å². The van der Waals surface area contributed by atoms with Gasteiger partial charge in [-0.15, -0.1) is 0 Å². The van der Waals surface area contributed by atoms with Crippen molar-refractivity contribution in [1.82, 2.24) is 0 Å². The van der Waals surface area contributed by atoms with Crippen molar-refractivity contribution in [2.24, 2.45) is 0 Å². The molecule has 2 aliphatic rings. The van der Waals surface area contributed by atoms with Gasteiger partial charge in [0.05, 0.1) is 5.69 Å². The lowest BCUT2D eigenvalue weighted by Gasteiger charge is -2.30. The van der Waals surface area contributed by atoms with Gasteiger partial charge in [0.15, 0.2) is 0 Å². The quantitative estimate of drug-likeness (QED) is 0.111. The number of hydrogen-bond acceptors (Lipinski definition) is 2. The van der Waals surface area contributed by atoms with Crippen LogP contribution in [0.5, 0.6) is 0 Å². The molecule has 0 atom stereocenters. The molecule has 0 aliphatic heterocycles.